The Bertz CT molecular complexity index is 303. The standard InChI is InChI=1S/C8H9IN2O/c9-7-4-5(10)3-6(11-7)8(12)1-2-8/h3-4,12H,1-2H2,(H2,10,11). The highest BCUT2D eigenvalue weighted by atomic mass is 127. The van der Waals surface area contributed by atoms with E-state index >= 15 is 0 Å². The third-order valence-electron chi connectivity index (χ3n) is 2.02. The van der Waals surface area contributed by atoms with Gasteiger partial charge >= 0.3 is 0 Å². The molecule has 0 atom stereocenters. The van der Waals surface area contributed by atoms with Crippen molar-refractivity contribution in [2.75, 3.05) is 5.73 Å². The number of hydrogen-bond donors (Lipinski definition) is 2. The van der Waals surface area contributed by atoms with E-state index in [1.807, 2.05) is 0 Å². The first-order valence-electron chi connectivity index (χ1n) is 3.76. The van der Waals surface area contributed by atoms with Gasteiger partial charge in [-0.15, -0.1) is 0 Å². The van der Waals surface area contributed by atoms with Gasteiger partial charge in [-0.1, -0.05) is 0 Å². The van der Waals surface area contributed by atoms with Crippen molar-refractivity contribution in [3.8, 4) is 0 Å². The summed E-state index contributed by atoms with van der Waals surface area (Å²) in [5.41, 5.74) is 6.34. The number of aliphatic hydroxyl groups is 1. The van der Waals surface area contributed by atoms with E-state index in [1.165, 1.54) is 0 Å². The minimum atomic E-state index is -0.671. The van der Waals surface area contributed by atoms with E-state index in [4.69, 9.17) is 5.73 Å². The summed E-state index contributed by atoms with van der Waals surface area (Å²) >= 11 is 2.10. The molecule has 3 N–H and O–H groups in total. The maximum Gasteiger partial charge on any atom is 0.107 e. The average Bonchev–Trinajstić information content (AvgIpc) is 2.67. The molecule has 1 heterocycles. The Kier molecular flexibility index (Phi) is 1.76. The number of halogens is 1. The van der Waals surface area contributed by atoms with E-state index in [2.05, 4.69) is 27.6 Å². The van der Waals surface area contributed by atoms with Crippen molar-refractivity contribution < 1.29 is 5.11 Å². The van der Waals surface area contributed by atoms with E-state index in [9.17, 15) is 5.11 Å². The lowest BCUT2D eigenvalue weighted by atomic mass is 10.2. The fourth-order valence-corrected chi connectivity index (χ4v) is 1.75. The third-order valence-corrected chi connectivity index (χ3v) is 2.57. The van der Waals surface area contributed by atoms with Gasteiger partial charge in [0.05, 0.1) is 5.69 Å². The van der Waals surface area contributed by atoms with Crippen LogP contribution in [0.3, 0.4) is 0 Å². The molecular formula is C8H9IN2O. The van der Waals surface area contributed by atoms with Gasteiger partial charge in [-0.2, -0.15) is 0 Å². The Labute approximate surface area is 84.1 Å². The van der Waals surface area contributed by atoms with Crippen molar-refractivity contribution in [3.05, 3.63) is 21.5 Å². The first kappa shape index (κ1) is 8.25. The highest BCUT2D eigenvalue weighted by Crippen LogP contribution is 2.44. The van der Waals surface area contributed by atoms with Gasteiger partial charge in [0.25, 0.3) is 0 Å². The van der Waals surface area contributed by atoms with Gasteiger partial charge in [0.1, 0.15) is 9.30 Å². The third kappa shape index (κ3) is 1.40. The SMILES string of the molecule is Nc1cc(I)nc(C2(O)CC2)c1. The number of hydrogen-bond acceptors (Lipinski definition) is 3. The van der Waals surface area contributed by atoms with Crippen LogP contribution in [0.15, 0.2) is 12.1 Å². The molecule has 1 aliphatic carbocycles. The summed E-state index contributed by atoms with van der Waals surface area (Å²) in [6.07, 6.45) is 1.61. The second-order valence-electron chi connectivity index (χ2n) is 3.14. The quantitative estimate of drug-likeness (QED) is 0.599. The van der Waals surface area contributed by atoms with Crippen LogP contribution in [0.4, 0.5) is 5.69 Å². The molecule has 0 radical (unpaired) electrons. The second kappa shape index (κ2) is 2.56. The second-order valence-corrected chi connectivity index (χ2v) is 4.25. The van der Waals surface area contributed by atoms with Gasteiger partial charge in [-0.3, -0.25) is 0 Å². The molecule has 0 bridgehead atoms. The van der Waals surface area contributed by atoms with Gasteiger partial charge in [-0.05, 0) is 47.6 Å². The molecule has 1 aromatic rings. The molecule has 1 fully saturated rings. The Morgan fingerprint density at radius 1 is 1.50 bits per heavy atom. The molecule has 4 heteroatoms. The van der Waals surface area contributed by atoms with Crippen LogP contribution in [0.5, 0.6) is 0 Å². The van der Waals surface area contributed by atoms with Crippen LogP contribution in [-0.4, -0.2) is 10.1 Å². The minimum Gasteiger partial charge on any atom is -0.399 e. The predicted molar refractivity (Wildman–Crippen MR) is 54.5 cm³/mol. The molecule has 3 nitrogen and oxygen atoms in total. The summed E-state index contributed by atoms with van der Waals surface area (Å²) < 4.78 is 0.836. The molecule has 1 aromatic heterocycles. The van der Waals surface area contributed by atoms with Crippen molar-refractivity contribution in [1.82, 2.24) is 4.98 Å². The first-order chi connectivity index (χ1) is 5.60. The van der Waals surface area contributed by atoms with Gasteiger partial charge in [0, 0.05) is 5.69 Å². The van der Waals surface area contributed by atoms with Crippen LogP contribution >= 0.6 is 22.6 Å². The van der Waals surface area contributed by atoms with Crippen LogP contribution in [0.25, 0.3) is 0 Å². The van der Waals surface area contributed by atoms with E-state index in [0.29, 0.717) is 11.4 Å². The van der Waals surface area contributed by atoms with Gasteiger partial charge < -0.3 is 10.8 Å². The average molecular weight is 276 g/mol. The van der Waals surface area contributed by atoms with Crippen LogP contribution < -0.4 is 5.73 Å². The molecule has 0 saturated heterocycles. The van der Waals surface area contributed by atoms with E-state index in [-0.39, 0.29) is 0 Å². The molecule has 0 spiro atoms. The zero-order chi connectivity index (χ0) is 8.77. The Balaban J connectivity index is 2.44. The number of aromatic nitrogens is 1. The normalized spacial score (nSPS) is 19.2. The van der Waals surface area contributed by atoms with Crippen LogP contribution in [-0.2, 0) is 5.60 Å². The zero-order valence-electron chi connectivity index (χ0n) is 6.42. The molecule has 64 valence electrons. The summed E-state index contributed by atoms with van der Waals surface area (Å²) in [5, 5.41) is 9.73. The highest BCUT2D eigenvalue weighted by Gasteiger charge is 2.43. The van der Waals surface area contributed by atoms with Crippen molar-refractivity contribution in [1.29, 1.82) is 0 Å². The Hall–Kier alpha value is -0.360. The van der Waals surface area contributed by atoms with Crippen LogP contribution in [0, 0.1) is 3.70 Å². The summed E-state index contributed by atoms with van der Waals surface area (Å²) in [7, 11) is 0. The molecule has 1 saturated carbocycles. The van der Waals surface area contributed by atoms with Crippen LogP contribution in [0.2, 0.25) is 0 Å². The van der Waals surface area contributed by atoms with E-state index < -0.39 is 5.60 Å². The lowest BCUT2D eigenvalue weighted by Crippen LogP contribution is -2.08. The number of nitrogens with two attached hydrogens (primary N) is 1. The summed E-state index contributed by atoms with van der Waals surface area (Å²) in [5.74, 6) is 0. The number of nitrogens with zero attached hydrogens (tertiary/aromatic N) is 1. The predicted octanol–water partition coefficient (Wildman–Crippen LogP) is 1.25. The van der Waals surface area contributed by atoms with E-state index in [0.717, 1.165) is 16.5 Å². The lowest BCUT2D eigenvalue weighted by molar-refractivity contribution is 0.146. The fraction of sp³-hybridized carbons (Fsp3) is 0.375. The maximum absolute atomic E-state index is 9.73. The molecule has 0 aromatic carbocycles. The van der Waals surface area contributed by atoms with Gasteiger partial charge in [0.2, 0.25) is 0 Å². The van der Waals surface area contributed by atoms with Gasteiger partial charge in [0.15, 0.2) is 0 Å². The maximum atomic E-state index is 9.73. The number of anilines is 1. The molecular weight excluding hydrogens is 267 g/mol. The summed E-state index contributed by atoms with van der Waals surface area (Å²) in [4.78, 5) is 4.22. The molecule has 1 aliphatic rings. The number of rotatable bonds is 1. The largest absolute Gasteiger partial charge is 0.399 e. The van der Waals surface area contributed by atoms with Gasteiger partial charge in [-0.25, -0.2) is 4.98 Å². The molecule has 0 aliphatic heterocycles. The van der Waals surface area contributed by atoms with Crippen molar-refractivity contribution in [3.63, 3.8) is 0 Å². The number of nitrogen functional groups attached to an aromatic ring is 1. The topological polar surface area (TPSA) is 59.1 Å². The van der Waals surface area contributed by atoms with Crippen LogP contribution in [0.1, 0.15) is 18.5 Å². The summed E-state index contributed by atoms with van der Waals surface area (Å²) in [6, 6.07) is 3.53. The van der Waals surface area contributed by atoms with Crippen molar-refractivity contribution in [2.24, 2.45) is 0 Å². The zero-order valence-corrected chi connectivity index (χ0v) is 8.58. The molecule has 0 amide bonds. The van der Waals surface area contributed by atoms with Crippen molar-refractivity contribution in [2.45, 2.75) is 18.4 Å². The van der Waals surface area contributed by atoms with Crippen molar-refractivity contribution >= 4 is 28.3 Å². The summed E-state index contributed by atoms with van der Waals surface area (Å²) in [6.45, 7) is 0. The minimum absolute atomic E-state index is 0.671. The molecule has 12 heavy (non-hydrogen) atoms. The Morgan fingerprint density at radius 2 is 2.17 bits per heavy atom. The number of pyridine rings is 1. The Morgan fingerprint density at radius 3 is 2.67 bits per heavy atom. The lowest BCUT2D eigenvalue weighted by Gasteiger charge is -2.07. The molecule has 0 unspecified atom stereocenters. The van der Waals surface area contributed by atoms with E-state index in [1.54, 1.807) is 12.1 Å². The monoisotopic (exact) mass is 276 g/mol. The first-order valence-corrected chi connectivity index (χ1v) is 4.84. The molecule has 2 rings (SSSR count). The fourth-order valence-electron chi connectivity index (χ4n) is 1.13. The highest BCUT2D eigenvalue weighted by molar-refractivity contribution is 14.1. The smallest absolute Gasteiger partial charge is 0.107 e.